The van der Waals surface area contributed by atoms with Crippen LogP contribution in [0.25, 0.3) is 0 Å². The van der Waals surface area contributed by atoms with E-state index in [2.05, 4.69) is 26.5 Å². The third-order valence-electron chi connectivity index (χ3n) is 6.14. The number of esters is 1. The molecular weight excluding hydrogens is 420 g/mol. The Bertz CT molecular complexity index is 1040. The van der Waals surface area contributed by atoms with Gasteiger partial charge < -0.3 is 25.0 Å². The van der Waals surface area contributed by atoms with E-state index >= 15 is 0 Å². The van der Waals surface area contributed by atoms with Crippen molar-refractivity contribution in [2.75, 3.05) is 51.8 Å². The van der Waals surface area contributed by atoms with Crippen molar-refractivity contribution in [3.63, 3.8) is 0 Å². The molecule has 1 unspecified atom stereocenters. The summed E-state index contributed by atoms with van der Waals surface area (Å²) in [6.45, 7) is 5.73. The molecule has 1 atom stereocenters. The molecule has 0 spiro atoms. The van der Waals surface area contributed by atoms with E-state index in [-0.39, 0.29) is 6.03 Å². The Morgan fingerprint density at radius 1 is 1.06 bits per heavy atom. The third-order valence-corrected chi connectivity index (χ3v) is 6.14. The molecule has 2 heterocycles. The number of hydrogen-bond donors (Lipinski definition) is 2. The highest BCUT2D eigenvalue weighted by molar-refractivity contribution is 5.95. The second kappa shape index (κ2) is 9.95. The Balaban J connectivity index is 1.52. The molecule has 8 nitrogen and oxygen atoms in total. The monoisotopic (exact) mass is 450 g/mol. The number of rotatable bonds is 6. The van der Waals surface area contributed by atoms with E-state index in [1.54, 1.807) is 7.11 Å². The van der Waals surface area contributed by atoms with Gasteiger partial charge >= 0.3 is 12.0 Å². The summed E-state index contributed by atoms with van der Waals surface area (Å²) in [6.07, 6.45) is 0. The van der Waals surface area contributed by atoms with Crippen molar-refractivity contribution in [3.05, 3.63) is 70.9 Å². The number of urea groups is 1. The van der Waals surface area contributed by atoms with Gasteiger partial charge in [-0.15, -0.1) is 0 Å². The highest BCUT2D eigenvalue weighted by Gasteiger charge is 2.34. The van der Waals surface area contributed by atoms with Gasteiger partial charge in [0.05, 0.1) is 25.8 Å². The van der Waals surface area contributed by atoms with Crippen molar-refractivity contribution in [3.8, 4) is 5.75 Å². The molecule has 2 amide bonds. The van der Waals surface area contributed by atoms with Crippen LogP contribution in [0.5, 0.6) is 5.75 Å². The van der Waals surface area contributed by atoms with E-state index in [4.69, 9.17) is 9.47 Å². The van der Waals surface area contributed by atoms with Gasteiger partial charge in [0.15, 0.2) is 0 Å². The summed E-state index contributed by atoms with van der Waals surface area (Å²) in [5, 5.41) is 5.73. The highest BCUT2D eigenvalue weighted by atomic mass is 16.5. The van der Waals surface area contributed by atoms with Crippen molar-refractivity contribution in [2.45, 2.75) is 13.0 Å². The number of methoxy groups -OCH3 is 2. The lowest BCUT2D eigenvalue weighted by atomic mass is 9.94. The van der Waals surface area contributed by atoms with E-state index in [0.717, 1.165) is 48.7 Å². The van der Waals surface area contributed by atoms with Crippen molar-refractivity contribution in [2.24, 2.45) is 0 Å². The van der Waals surface area contributed by atoms with E-state index in [1.807, 2.05) is 49.4 Å². The number of ether oxygens (including phenoxy) is 2. The minimum atomic E-state index is -0.556. The molecule has 0 radical (unpaired) electrons. The molecule has 4 rings (SSSR count). The number of hydrogen-bond acceptors (Lipinski definition) is 6. The van der Waals surface area contributed by atoms with Crippen LogP contribution in [0.1, 0.15) is 17.2 Å². The SMILES string of the molecule is COC(=O)C1=C(CN2CCN(c3cccc(OC)c3)CC2)NC(=O)NC1c1ccc(C)cc1. The highest BCUT2D eigenvalue weighted by Crippen LogP contribution is 2.29. The zero-order valence-electron chi connectivity index (χ0n) is 19.3. The molecule has 1 fully saturated rings. The van der Waals surface area contributed by atoms with Gasteiger partial charge in [-0.1, -0.05) is 35.9 Å². The quantitative estimate of drug-likeness (QED) is 0.659. The van der Waals surface area contributed by atoms with Crippen LogP contribution < -0.4 is 20.3 Å². The minimum Gasteiger partial charge on any atom is -0.497 e. The zero-order valence-corrected chi connectivity index (χ0v) is 19.3. The topological polar surface area (TPSA) is 83.1 Å². The summed E-state index contributed by atoms with van der Waals surface area (Å²) in [5.74, 6) is 0.389. The number of nitrogens with one attached hydrogen (secondary N) is 2. The molecule has 2 aliphatic rings. The summed E-state index contributed by atoms with van der Waals surface area (Å²) < 4.78 is 10.4. The average molecular weight is 451 g/mol. The fraction of sp³-hybridized carbons (Fsp3) is 0.360. The Hall–Kier alpha value is -3.52. The molecule has 33 heavy (non-hydrogen) atoms. The van der Waals surface area contributed by atoms with Crippen molar-refractivity contribution in [1.82, 2.24) is 15.5 Å². The van der Waals surface area contributed by atoms with Crippen LogP contribution in [-0.2, 0) is 9.53 Å². The lowest BCUT2D eigenvalue weighted by Gasteiger charge is -2.38. The Morgan fingerprint density at radius 2 is 1.79 bits per heavy atom. The average Bonchev–Trinajstić information content (AvgIpc) is 2.84. The zero-order chi connectivity index (χ0) is 23.4. The molecule has 2 N–H and O–H groups in total. The summed E-state index contributed by atoms with van der Waals surface area (Å²) in [7, 11) is 3.03. The molecule has 174 valence electrons. The van der Waals surface area contributed by atoms with E-state index in [0.29, 0.717) is 17.8 Å². The Labute approximate surface area is 194 Å². The number of nitrogens with zero attached hydrogens (tertiary/aromatic N) is 2. The van der Waals surface area contributed by atoms with Gasteiger partial charge in [0.2, 0.25) is 0 Å². The fourth-order valence-corrected chi connectivity index (χ4v) is 4.30. The molecule has 0 saturated carbocycles. The van der Waals surface area contributed by atoms with Gasteiger partial charge in [-0.05, 0) is 24.6 Å². The van der Waals surface area contributed by atoms with Crippen LogP contribution in [0.2, 0.25) is 0 Å². The molecule has 8 heteroatoms. The number of carbonyl (C=O) groups is 2. The van der Waals surface area contributed by atoms with Gasteiger partial charge in [-0.2, -0.15) is 0 Å². The summed E-state index contributed by atoms with van der Waals surface area (Å²) in [4.78, 5) is 29.8. The van der Waals surface area contributed by atoms with Crippen LogP contribution in [-0.4, -0.2) is 63.8 Å². The maximum atomic E-state index is 12.8. The summed E-state index contributed by atoms with van der Waals surface area (Å²) >= 11 is 0. The van der Waals surface area contributed by atoms with Crippen molar-refractivity contribution < 1.29 is 19.1 Å². The second-order valence-electron chi connectivity index (χ2n) is 8.29. The molecule has 0 aliphatic carbocycles. The fourth-order valence-electron chi connectivity index (χ4n) is 4.30. The van der Waals surface area contributed by atoms with Gasteiger partial charge in [-0.3, -0.25) is 4.90 Å². The van der Waals surface area contributed by atoms with E-state index in [1.165, 1.54) is 7.11 Å². The number of piperazine rings is 1. The normalized spacial score (nSPS) is 19.1. The molecule has 2 aromatic rings. The molecular formula is C25H30N4O4. The second-order valence-corrected chi connectivity index (χ2v) is 8.29. The molecule has 0 aromatic heterocycles. The number of anilines is 1. The van der Waals surface area contributed by atoms with Gasteiger partial charge in [0.25, 0.3) is 0 Å². The minimum absolute atomic E-state index is 0.321. The lowest BCUT2D eigenvalue weighted by molar-refractivity contribution is -0.136. The van der Waals surface area contributed by atoms with Crippen molar-refractivity contribution in [1.29, 1.82) is 0 Å². The number of carbonyl (C=O) groups excluding carboxylic acids is 2. The van der Waals surface area contributed by atoms with Crippen molar-refractivity contribution >= 4 is 17.7 Å². The molecule has 2 aliphatic heterocycles. The maximum Gasteiger partial charge on any atom is 0.338 e. The van der Waals surface area contributed by atoms with E-state index in [9.17, 15) is 9.59 Å². The number of amides is 2. The standard InChI is InChI=1S/C25H30N4O4/c1-17-7-9-18(10-8-17)23-22(24(30)33-3)21(26-25(31)27-23)16-28-11-13-29(14-12-28)19-5-4-6-20(15-19)32-2/h4-10,15,23H,11-14,16H2,1-3H3,(H2,26,27,31). The number of aryl methyl sites for hydroxylation is 1. The number of benzene rings is 2. The maximum absolute atomic E-state index is 12.8. The Kier molecular flexibility index (Phi) is 6.84. The first-order valence-electron chi connectivity index (χ1n) is 11.1. The largest absolute Gasteiger partial charge is 0.497 e. The summed E-state index contributed by atoms with van der Waals surface area (Å²) in [6, 6.07) is 15.0. The molecule has 2 aromatic carbocycles. The van der Waals surface area contributed by atoms with E-state index < -0.39 is 12.0 Å². The van der Waals surface area contributed by atoms with Crippen LogP contribution in [0.15, 0.2) is 59.8 Å². The molecule has 0 bridgehead atoms. The van der Waals surface area contributed by atoms with Crippen LogP contribution in [0, 0.1) is 6.92 Å². The lowest BCUT2D eigenvalue weighted by Crippen LogP contribution is -2.51. The predicted octanol–water partition coefficient (Wildman–Crippen LogP) is 2.61. The van der Waals surface area contributed by atoms with Gasteiger partial charge in [0, 0.05) is 50.2 Å². The first-order chi connectivity index (χ1) is 16.0. The smallest absolute Gasteiger partial charge is 0.338 e. The van der Waals surface area contributed by atoms with Crippen LogP contribution >= 0.6 is 0 Å². The predicted molar refractivity (Wildman–Crippen MR) is 126 cm³/mol. The Morgan fingerprint density at radius 3 is 2.45 bits per heavy atom. The van der Waals surface area contributed by atoms with Gasteiger partial charge in [-0.25, -0.2) is 9.59 Å². The first kappa shape index (κ1) is 22.7. The van der Waals surface area contributed by atoms with Crippen LogP contribution in [0.3, 0.4) is 0 Å². The first-order valence-corrected chi connectivity index (χ1v) is 11.1. The summed E-state index contributed by atoms with van der Waals surface area (Å²) in [5.41, 5.74) is 4.10. The van der Waals surface area contributed by atoms with Crippen LogP contribution in [0.4, 0.5) is 10.5 Å². The molecule has 1 saturated heterocycles. The third kappa shape index (κ3) is 5.12. The van der Waals surface area contributed by atoms with Gasteiger partial charge in [0.1, 0.15) is 5.75 Å².